The van der Waals surface area contributed by atoms with E-state index in [0.29, 0.717) is 5.92 Å². The van der Waals surface area contributed by atoms with Crippen molar-refractivity contribution in [1.82, 2.24) is 4.90 Å². The maximum absolute atomic E-state index is 10.9. The van der Waals surface area contributed by atoms with Crippen molar-refractivity contribution in [3.63, 3.8) is 0 Å². The summed E-state index contributed by atoms with van der Waals surface area (Å²) in [5, 5.41) is 0.146. The molecule has 0 aromatic heterocycles. The fourth-order valence-electron chi connectivity index (χ4n) is 1.31. The lowest BCUT2D eigenvalue weighted by molar-refractivity contribution is -0.130. The van der Waals surface area contributed by atoms with Gasteiger partial charge >= 0.3 is 0 Å². The summed E-state index contributed by atoms with van der Waals surface area (Å²) in [6.45, 7) is 5.33. The lowest BCUT2D eigenvalue weighted by Crippen LogP contribution is -2.42. The number of carbonyl (C=O) groups excluding carboxylic acids is 1. The van der Waals surface area contributed by atoms with Gasteiger partial charge in [-0.25, -0.2) is 0 Å². The summed E-state index contributed by atoms with van der Waals surface area (Å²) >= 11 is 6.01. The normalized spacial score (nSPS) is 32.1. The molecular formula is C8H14ClNO. The molecule has 3 heteroatoms. The van der Waals surface area contributed by atoms with Gasteiger partial charge in [0, 0.05) is 20.0 Å². The van der Waals surface area contributed by atoms with E-state index >= 15 is 0 Å². The number of halogens is 1. The van der Waals surface area contributed by atoms with Crippen molar-refractivity contribution in [2.75, 3.05) is 13.1 Å². The first kappa shape index (κ1) is 8.85. The number of alkyl halides is 1. The second-order valence-corrected chi connectivity index (χ2v) is 3.81. The molecule has 1 fully saturated rings. The van der Waals surface area contributed by atoms with Crippen molar-refractivity contribution in [2.45, 2.75) is 25.6 Å². The Bertz CT molecular complexity index is 160. The Balaban J connectivity index is 2.46. The van der Waals surface area contributed by atoms with Crippen LogP contribution in [0.25, 0.3) is 0 Å². The quantitative estimate of drug-likeness (QED) is 0.511. The highest BCUT2D eigenvalue weighted by molar-refractivity contribution is 6.21. The SMILES string of the molecule is CC(=O)N1CCC(C)C(Cl)C1. The van der Waals surface area contributed by atoms with E-state index in [-0.39, 0.29) is 11.3 Å². The predicted molar refractivity (Wildman–Crippen MR) is 45.7 cm³/mol. The van der Waals surface area contributed by atoms with E-state index in [1.165, 1.54) is 0 Å². The first-order valence-corrected chi connectivity index (χ1v) is 4.44. The van der Waals surface area contributed by atoms with Crippen LogP contribution in [0.5, 0.6) is 0 Å². The third-order valence-corrected chi connectivity index (χ3v) is 2.88. The Labute approximate surface area is 72.5 Å². The maximum atomic E-state index is 10.9. The number of hydrogen-bond acceptors (Lipinski definition) is 1. The van der Waals surface area contributed by atoms with Gasteiger partial charge in [0.2, 0.25) is 5.91 Å². The molecule has 0 aromatic carbocycles. The lowest BCUT2D eigenvalue weighted by Gasteiger charge is -2.33. The second kappa shape index (κ2) is 3.44. The number of rotatable bonds is 0. The Morgan fingerprint density at radius 2 is 2.27 bits per heavy atom. The van der Waals surface area contributed by atoms with E-state index in [2.05, 4.69) is 6.92 Å². The van der Waals surface area contributed by atoms with Crippen molar-refractivity contribution in [3.8, 4) is 0 Å². The molecule has 0 bridgehead atoms. The fourth-order valence-corrected chi connectivity index (χ4v) is 1.60. The molecule has 0 radical (unpaired) electrons. The molecule has 0 aliphatic carbocycles. The smallest absolute Gasteiger partial charge is 0.219 e. The van der Waals surface area contributed by atoms with Gasteiger partial charge in [-0.15, -0.1) is 11.6 Å². The van der Waals surface area contributed by atoms with Crippen LogP contribution in [0.15, 0.2) is 0 Å². The molecule has 1 heterocycles. The summed E-state index contributed by atoms with van der Waals surface area (Å²) in [6, 6.07) is 0. The van der Waals surface area contributed by atoms with Gasteiger partial charge in [0.25, 0.3) is 0 Å². The zero-order valence-corrected chi connectivity index (χ0v) is 7.77. The highest BCUT2D eigenvalue weighted by atomic mass is 35.5. The maximum Gasteiger partial charge on any atom is 0.219 e. The summed E-state index contributed by atoms with van der Waals surface area (Å²) in [4.78, 5) is 12.7. The average Bonchev–Trinajstić information content (AvgIpc) is 1.94. The van der Waals surface area contributed by atoms with E-state index in [4.69, 9.17) is 11.6 Å². The largest absolute Gasteiger partial charge is 0.341 e. The van der Waals surface area contributed by atoms with Crippen LogP contribution in [0.1, 0.15) is 20.3 Å². The lowest BCUT2D eigenvalue weighted by atomic mass is 9.99. The van der Waals surface area contributed by atoms with Gasteiger partial charge in [0.1, 0.15) is 0 Å². The number of piperidine rings is 1. The molecule has 0 saturated carbocycles. The molecular weight excluding hydrogens is 162 g/mol. The first-order valence-electron chi connectivity index (χ1n) is 4.01. The van der Waals surface area contributed by atoms with Crippen LogP contribution in [0, 0.1) is 5.92 Å². The summed E-state index contributed by atoms with van der Waals surface area (Å²) < 4.78 is 0. The minimum atomic E-state index is 0.141. The van der Waals surface area contributed by atoms with Crippen LogP contribution in [-0.2, 0) is 4.79 Å². The molecule has 1 amide bonds. The summed E-state index contributed by atoms with van der Waals surface area (Å²) in [7, 11) is 0. The number of nitrogens with zero attached hydrogens (tertiary/aromatic N) is 1. The Hall–Kier alpha value is -0.240. The Morgan fingerprint density at radius 3 is 2.73 bits per heavy atom. The zero-order valence-electron chi connectivity index (χ0n) is 7.01. The van der Waals surface area contributed by atoms with Crippen LogP contribution < -0.4 is 0 Å². The van der Waals surface area contributed by atoms with E-state index in [9.17, 15) is 4.79 Å². The van der Waals surface area contributed by atoms with Crippen molar-refractivity contribution >= 4 is 17.5 Å². The molecule has 1 saturated heterocycles. The van der Waals surface area contributed by atoms with Crippen molar-refractivity contribution < 1.29 is 4.79 Å². The number of amides is 1. The molecule has 0 aromatic rings. The predicted octanol–water partition coefficient (Wildman–Crippen LogP) is 1.48. The standard InChI is InChI=1S/C8H14ClNO/c1-6-3-4-10(7(2)11)5-8(6)9/h6,8H,3-5H2,1-2H3. The fraction of sp³-hybridized carbons (Fsp3) is 0.875. The summed E-state index contributed by atoms with van der Waals surface area (Å²) in [6.07, 6.45) is 1.04. The van der Waals surface area contributed by atoms with E-state index < -0.39 is 0 Å². The van der Waals surface area contributed by atoms with Gasteiger partial charge in [0.15, 0.2) is 0 Å². The molecule has 0 spiro atoms. The van der Waals surface area contributed by atoms with Gasteiger partial charge in [-0.05, 0) is 12.3 Å². The number of hydrogen-bond donors (Lipinski definition) is 0. The number of likely N-dealkylation sites (tertiary alicyclic amines) is 1. The molecule has 2 nitrogen and oxygen atoms in total. The highest BCUT2D eigenvalue weighted by Gasteiger charge is 2.25. The monoisotopic (exact) mass is 175 g/mol. The van der Waals surface area contributed by atoms with E-state index in [1.54, 1.807) is 6.92 Å². The van der Waals surface area contributed by atoms with Gasteiger partial charge < -0.3 is 4.90 Å². The molecule has 2 unspecified atom stereocenters. The van der Waals surface area contributed by atoms with Crippen molar-refractivity contribution in [1.29, 1.82) is 0 Å². The highest BCUT2D eigenvalue weighted by Crippen LogP contribution is 2.21. The molecule has 1 aliphatic rings. The van der Waals surface area contributed by atoms with Gasteiger partial charge in [-0.3, -0.25) is 4.79 Å². The van der Waals surface area contributed by atoms with Crippen LogP contribution in [0.3, 0.4) is 0 Å². The van der Waals surface area contributed by atoms with Gasteiger partial charge in [0.05, 0.1) is 5.38 Å². The summed E-state index contributed by atoms with van der Waals surface area (Å²) in [5.41, 5.74) is 0. The second-order valence-electron chi connectivity index (χ2n) is 3.25. The van der Waals surface area contributed by atoms with Crippen LogP contribution in [0.4, 0.5) is 0 Å². The topological polar surface area (TPSA) is 20.3 Å². The van der Waals surface area contributed by atoms with E-state index in [0.717, 1.165) is 19.5 Å². The molecule has 11 heavy (non-hydrogen) atoms. The third kappa shape index (κ3) is 2.09. The molecule has 2 atom stereocenters. The molecule has 0 N–H and O–H groups in total. The molecule has 1 rings (SSSR count). The average molecular weight is 176 g/mol. The third-order valence-electron chi connectivity index (χ3n) is 2.31. The van der Waals surface area contributed by atoms with Crippen LogP contribution in [0.2, 0.25) is 0 Å². The van der Waals surface area contributed by atoms with Crippen LogP contribution >= 0.6 is 11.6 Å². The van der Waals surface area contributed by atoms with Crippen molar-refractivity contribution in [2.24, 2.45) is 5.92 Å². The minimum Gasteiger partial charge on any atom is -0.341 e. The van der Waals surface area contributed by atoms with E-state index in [1.807, 2.05) is 4.90 Å². The van der Waals surface area contributed by atoms with Crippen molar-refractivity contribution in [3.05, 3.63) is 0 Å². The van der Waals surface area contributed by atoms with Gasteiger partial charge in [-0.1, -0.05) is 6.92 Å². The first-order chi connectivity index (χ1) is 5.11. The van der Waals surface area contributed by atoms with Crippen LogP contribution in [-0.4, -0.2) is 29.3 Å². The molecule has 64 valence electrons. The minimum absolute atomic E-state index is 0.141. The van der Waals surface area contributed by atoms with Gasteiger partial charge in [-0.2, -0.15) is 0 Å². The Morgan fingerprint density at radius 1 is 1.64 bits per heavy atom. The number of carbonyl (C=O) groups is 1. The Kier molecular flexibility index (Phi) is 2.77. The summed E-state index contributed by atoms with van der Waals surface area (Å²) in [5.74, 6) is 0.690. The zero-order chi connectivity index (χ0) is 8.43. The molecule has 1 aliphatic heterocycles.